The number of aryl methyl sites for hydroxylation is 1. The summed E-state index contributed by atoms with van der Waals surface area (Å²) >= 11 is 1.44. The summed E-state index contributed by atoms with van der Waals surface area (Å²) in [6, 6.07) is 6.53. The van der Waals surface area contributed by atoms with Gasteiger partial charge in [0.05, 0.1) is 29.7 Å². The molecule has 7 nitrogen and oxygen atoms in total. The lowest BCUT2D eigenvalue weighted by Gasteiger charge is -2.18. The summed E-state index contributed by atoms with van der Waals surface area (Å²) in [5, 5.41) is 3.44. The number of hydrogen-bond donors (Lipinski definition) is 1. The van der Waals surface area contributed by atoms with E-state index >= 15 is 0 Å². The summed E-state index contributed by atoms with van der Waals surface area (Å²) in [5.41, 5.74) is 2.33. The summed E-state index contributed by atoms with van der Waals surface area (Å²) in [7, 11) is 0. The third-order valence-electron chi connectivity index (χ3n) is 8.07. The van der Waals surface area contributed by atoms with Crippen molar-refractivity contribution in [3.8, 4) is 0 Å². The molecule has 0 radical (unpaired) electrons. The average molecular weight is 505 g/mol. The standard InChI is InChI=1S/C28H28N2O5S/c1-3-35-28(34)23-19-12-14(2)4-11-20(19)36-25(23)29-24(31)15-7-9-18(10-8-15)30-26(32)21-16-5-6-17(13-16)22(21)27(30)33/h5-10,14,16-17,21-22H,3-4,11-13H2,1-2H3,(H,29,31)/t14-,16-,17-,21+,22+/m0/s1. The van der Waals surface area contributed by atoms with Crippen LogP contribution in [-0.4, -0.2) is 30.3 Å². The second-order valence-corrected chi connectivity index (χ2v) is 11.4. The number of imide groups is 1. The van der Waals surface area contributed by atoms with Gasteiger partial charge in [-0.2, -0.15) is 0 Å². The highest BCUT2D eigenvalue weighted by Crippen LogP contribution is 2.53. The van der Waals surface area contributed by atoms with Crippen molar-refractivity contribution in [2.45, 2.75) is 39.5 Å². The zero-order valence-corrected chi connectivity index (χ0v) is 21.1. The SMILES string of the molecule is CCOC(=O)c1c(NC(=O)c2ccc(N3C(=O)[C@H]4[C@H](C3=O)[C@H]3C=C[C@H]4C3)cc2)sc2c1C[C@@H](C)CC2. The number of nitrogens with one attached hydrogen (secondary N) is 1. The molecule has 0 spiro atoms. The first kappa shape index (κ1) is 23.2. The first-order valence-corrected chi connectivity index (χ1v) is 13.5. The highest BCUT2D eigenvalue weighted by molar-refractivity contribution is 7.17. The Morgan fingerprint density at radius 3 is 2.39 bits per heavy atom. The van der Waals surface area contributed by atoms with E-state index in [0.717, 1.165) is 36.1 Å². The van der Waals surface area contributed by atoms with Crippen LogP contribution in [0.3, 0.4) is 0 Å². The first-order valence-electron chi connectivity index (χ1n) is 12.7. The van der Waals surface area contributed by atoms with E-state index in [1.54, 1.807) is 31.2 Å². The summed E-state index contributed by atoms with van der Waals surface area (Å²) in [5.74, 6) is -0.786. The van der Waals surface area contributed by atoms with Gasteiger partial charge in [0.15, 0.2) is 0 Å². The highest BCUT2D eigenvalue weighted by atomic mass is 32.1. The fraction of sp³-hybridized carbons (Fsp3) is 0.429. The van der Waals surface area contributed by atoms with Crippen LogP contribution in [0.15, 0.2) is 36.4 Å². The van der Waals surface area contributed by atoms with E-state index in [2.05, 4.69) is 24.4 Å². The number of carbonyl (C=O) groups excluding carboxylic acids is 4. The minimum atomic E-state index is -0.408. The predicted molar refractivity (Wildman–Crippen MR) is 136 cm³/mol. The molecule has 1 aromatic heterocycles. The zero-order chi connectivity index (χ0) is 25.1. The number of fused-ring (bicyclic) bond motifs is 6. The highest BCUT2D eigenvalue weighted by Gasteiger charge is 2.59. The molecule has 4 aliphatic rings. The van der Waals surface area contributed by atoms with E-state index in [-0.39, 0.29) is 48.0 Å². The number of amides is 3. The van der Waals surface area contributed by atoms with Crippen LogP contribution in [-0.2, 0) is 27.2 Å². The molecule has 6 rings (SSSR count). The Morgan fingerprint density at radius 2 is 1.75 bits per heavy atom. The molecule has 36 heavy (non-hydrogen) atoms. The molecule has 2 heterocycles. The molecule has 5 atom stereocenters. The molecule has 2 aromatic rings. The largest absolute Gasteiger partial charge is 0.462 e. The fourth-order valence-corrected chi connectivity index (χ4v) is 7.59. The third kappa shape index (κ3) is 3.53. The van der Waals surface area contributed by atoms with Gasteiger partial charge >= 0.3 is 5.97 Å². The summed E-state index contributed by atoms with van der Waals surface area (Å²) < 4.78 is 5.30. The lowest BCUT2D eigenvalue weighted by atomic mass is 9.85. The lowest BCUT2D eigenvalue weighted by molar-refractivity contribution is -0.123. The van der Waals surface area contributed by atoms with Crippen molar-refractivity contribution in [1.82, 2.24) is 0 Å². The molecule has 1 aliphatic heterocycles. The number of anilines is 2. The van der Waals surface area contributed by atoms with Crippen LogP contribution in [0.4, 0.5) is 10.7 Å². The van der Waals surface area contributed by atoms with Gasteiger partial charge in [0.1, 0.15) is 5.00 Å². The third-order valence-corrected chi connectivity index (χ3v) is 9.28. The number of carbonyl (C=O) groups is 4. The molecule has 2 fully saturated rings. The van der Waals surface area contributed by atoms with E-state index in [1.165, 1.54) is 16.2 Å². The van der Waals surface area contributed by atoms with Crippen molar-refractivity contribution >= 4 is 45.7 Å². The Labute approximate surface area is 213 Å². The van der Waals surface area contributed by atoms with E-state index < -0.39 is 5.97 Å². The van der Waals surface area contributed by atoms with Gasteiger partial charge in [-0.1, -0.05) is 19.1 Å². The van der Waals surface area contributed by atoms with Crippen LogP contribution in [0.2, 0.25) is 0 Å². The molecule has 1 saturated carbocycles. The quantitative estimate of drug-likeness (QED) is 0.365. The van der Waals surface area contributed by atoms with E-state index in [9.17, 15) is 19.2 Å². The molecular formula is C28H28N2O5S. The van der Waals surface area contributed by atoms with E-state index in [0.29, 0.717) is 27.7 Å². The fourth-order valence-electron chi connectivity index (χ4n) is 6.36. The van der Waals surface area contributed by atoms with Crippen LogP contribution < -0.4 is 10.2 Å². The van der Waals surface area contributed by atoms with Crippen LogP contribution in [0.5, 0.6) is 0 Å². The number of ether oxygens (including phenoxy) is 1. The zero-order valence-electron chi connectivity index (χ0n) is 20.3. The normalized spacial score (nSPS) is 27.8. The number of nitrogens with zero attached hydrogens (tertiary/aromatic N) is 1. The van der Waals surface area contributed by atoms with Gasteiger partial charge in [-0.15, -0.1) is 11.3 Å². The number of benzene rings is 1. The average Bonchev–Trinajstić information content (AvgIpc) is 3.61. The lowest BCUT2D eigenvalue weighted by Crippen LogP contribution is -2.32. The van der Waals surface area contributed by atoms with Crippen LogP contribution in [0.1, 0.15) is 57.8 Å². The molecule has 3 amide bonds. The monoisotopic (exact) mass is 504 g/mol. The second kappa shape index (κ2) is 8.69. The number of esters is 1. The summed E-state index contributed by atoms with van der Waals surface area (Å²) in [4.78, 5) is 54.5. The Balaban J connectivity index is 1.22. The second-order valence-electron chi connectivity index (χ2n) is 10.3. The maximum Gasteiger partial charge on any atom is 0.341 e. The Kier molecular flexibility index (Phi) is 5.59. The Hall–Kier alpha value is -3.26. The topological polar surface area (TPSA) is 92.8 Å². The Morgan fingerprint density at radius 1 is 1.08 bits per heavy atom. The van der Waals surface area contributed by atoms with Crippen LogP contribution >= 0.6 is 11.3 Å². The van der Waals surface area contributed by atoms with Gasteiger partial charge in [-0.3, -0.25) is 19.3 Å². The van der Waals surface area contributed by atoms with Gasteiger partial charge < -0.3 is 10.1 Å². The maximum atomic E-state index is 13.1. The van der Waals surface area contributed by atoms with Gasteiger partial charge in [-0.25, -0.2) is 4.79 Å². The smallest absolute Gasteiger partial charge is 0.341 e. The molecule has 186 valence electrons. The number of hydrogen-bond acceptors (Lipinski definition) is 6. The van der Waals surface area contributed by atoms with Gasteiger partial charge in [0, 0.05) is 10.4 Å². The van der Waals surface area contributed by atoms with Crippen molar-refractivity contribution in [2.24, 2.45) is 29.6 Å². The molecule has 1 N–H and O–H groups in total. The maximum absolute atomic E-state index is 13.1. The summed E-state index contributed by atoms with van der Waals surface area (Å²) in [6.07, 6.45) is 7.76. The number of rotatable bonds is 5. The molecule has 0 unspecified atom stereocenters. The minimum absolute atomic E-state index is 0.142. The van der Waals surface area contributed by atoms with E-state index in [1.807, 2.05) is 0 Å². The van der Waals surface area contributed by atoms with Gasteiger partial charge in [0.25, 0.3) is 5.91 Å². The van der Waals surface area contributed by atoms with Crippen molar-refractivity contribution in [2.75, 3.05) is 16.8 Å². The Bertz CT molecular complexity index is 1280. The van der Waals surface area contributed by atoms with Crippen LogP contribution in [0.25, 0.3) is 0 Å². The van der Waals surface area contributed by atoms with Gasteiger partial charge in [-0.05, 0) is 80.2 Å². The van der Waals surface area contributed by atoms with E-state index in [4.69, 9.17) is 4.74 Å². The van der Waals surface area contributed by atoms with Crippen molar-refractivity contribution < 1.29 is 23.9 Å². The molecule has 1 aromatic carbocycles. The minimum Gasteiger partial charge on any atom is -0.462 e. The first-order chi connectivity index (χ1) is 17.4. The number of allylic oxidation sites excluding steroid dienone is 2. The van der Waals surface area contributed by atoms with Gasteiger partial charge in [0.2, 0.25) is 11.8 Å². The molecule has 8 heteroatoms. The number of thiophene rings is 1. The van der Waals surface area contributed by atoms with Crippen molar-refractivity contribution in [3.05, 3.63) is 58.0 Å². The molecule has 1 saturated heterocycles. The van der Waals surface area contributed by atoms with Crippen molar-refractivity contribution in [3.63, 3.8) is 0 Å². The molecule has 2 bridgehead atoms. The predicted octanol–water partition coefficient (Wildman–Crippen LogP) is 4.61. The summed E-state index contributed by atoms with van der Waals surface area (Å²) in [6.45, 7) is 4.20. The molecule has 3 aliphatic carbocycles. The van der Waals surface area contributed by atoms with Crippen molar-refractivity contribution in [1.29, 1.82) is 0 Å². The van der Waals surface area contributed by atoms with Crippen LogP contribution in [0, 0.1) is 29.6 Å². The molecular weight excluding hydrogens is 476 g/mol.